The molecule has 3 rings (SSSR count). The molecule has 39 heavy (non-hydrogen) atoms. The van der Waals surface area contributed by atoms with Crippen LogP contribution in [0, 0.1) is 0 Å². The number of amides is 2. The molecule has 2 heterocycles. The standard InChI is InChI=1S/C28H37N5O5Si/c1-28(2,3)38-27(36)33-24(15-21-9-7-8-10-25(21)33)12-11-22(26(35)31-23-16-29-30-17-23)18-32(19-34)20-37-13-14-39(4,5)6/h7-12,15-19H,13-14,20H2,1-6H3,(H,29,30)(H,31,35)/b12-11+,22-18+. The molecule has 0 saturated heterocycles. The van der Waals surface area contributed by atoms with Crippen molar-refractivity contribution in [3.63, 3.8) is 0 Å². The van der Waals surface area contributed by atoms with Crippen LogP contribution in [0.4, 0.5) is 10.5 Å². The van der Waals surface area contributed by atoms with Crippen molar-refractivity contribution >= 4 is 49.2 Å². The summed E-state index contributed by atoms with van der Waals surface area (Å²) in [5, 5.41) is 10.1. The number of nitrogens with one attached hydrogen (secondary N) is 2. The maximum Gasteiger partial charge on any atom is 0.419 e. The number of aromatic nitrogens is 3. The summed E-state index contributed by atoms with van der Waals surface area (Å²) in [6, 6.07) is 10.2. The van der Waals surface area contributed by atoms with Crippen LogP contribution in [0.2, 0.25) is 25.7 Å². The molecular formula is C28H37N5O5Si. The topological polar surface area (TPSA) is 119 Å². The minimum Gasteiger partial charge on any atom is -0.443 e. The van der Waals surface area contributed by atoms with Gasteiger partial charge in [-0.05, 0) is 51.1 Å². The van der Waals surface area contributed by atoms with Crippen molar-refractivity contribution < 1.29 is 23.9 Å². The van der Waals surface area contributed by atoms with E-state index in [2.05, 4.69) is 35.2 Å². The minimum atomic E-state index is -1.29. The van der Waals surface area contributed by atoms with Gasteiger partial charge < -0.3 is 14.8 Å². The average molecular weight is 552 g/mol. The molecule has 1 aromatic carbocycles. The summed E-state index contributed by atoms with van der Waals surface area (Å²) in [5.41, 5.74) is 1.12. The van der Waals surface area contributed by atoms with Crippen LogP contribution in [-0.2, 0) is 19.1 Å². The normalized spacial score (nSPS) is 12.6. The van der Waals surface area contributed by atoms with E-state index in [0.29, 0.717) is 29.9 Å². The van der Waals surface area contributed by atoms with Gasteiger partial charge >= 0.3 is 6.09 Å². The summed E-state index contributed by atoms with van der Waals surface area (Å²) >= 11 is 0. The number of para-hydroxylation sites is 1. The molecule has 0 aliphatic rings. The molecule has 208 valence electrons. The van der Waals surface area contributed by atoms with Gasteiger partial charge in [-0.25, -0.2) is 9.36 Å². The van der Waals surface area contributed by atoms with Crippen LogP contribution < -0.4 is 5.32 Å². The number of hydrogen-bond acceptors (Lipinski definition) is 6. The fourth-order valence-electron chi connectivity index (χ4n) is 3.51. The summed E-state index contributed by atoms with van der Waals surface area (Å²) in [6.45, 7) is 12.7. The minimum absolute atomic E-state index is 0.00246. The van der Waals surface area contributed by atoms with Crippen LogP contribution in [0.3, 0.4) is 0 Å². The van der Waals surface area contributed by atoms with Gasteiger partial charge in [-0.15, -0.1) is 0 Å². The predicted octanol–water partition coefficient (Wildman–Crippen LogP) is 5.45. The number of H-pyrrole nitrogens is 1. The fraction of sp³-hybridized carbons (Fsp3) is 0.357. The van der Waals surface area contributed by atoms with Gasteiger partial charge in [0.05, 0.1) is 28.7 Å². The van der Waals surface area contributed by atoms with E-state index in [1.54, 1.807) is 32.9 Å². The number of aromatic amines is 1. The molecule has 0 saturated carbocycles. The molecule has 0 atom stereocenters. The highest BCUT2D eigenvalue weighted by Crippen LogP contribution is 2.23. The molecule has 0 aliphatic heterocycles. The first-order chi connectivity index (χ1) is 18.4. The van der Waals surface area contributed by atoms with E-state index in [-0.39, 0.29) is 12.3 Å². The van der Waals surface area contributed by atoms with Crippen LogP contribution in [0.5, 0.6) is 0 Å². The quantitative estimate of drug-likeness (QED) is 0.0816. The Morgan fingerprint density at radius 1 is 1.21 bits per heavy atom. The Labute approximate surface area is 229 Å². The number of carbonyl (C=O) groups is 3. The Balaban J connectivity index is 1.94. The molecule has 0 radical (unpaired) electrons. The Morgan fingerprint density at radius 2 is 1.95 bits per heavy atom. The van der Waals surface area contributed by atoms with Gasteiger partial charge in [0.15, 0.2) is 0 Å². The molecule has 0 fully saturated rings. The van der Waals surface area contributed by atoms with E-state index in [1.165, 1.54) is 28.1 Å². The van der Waals surface area contributed by atoms with Crippen molar-refractivity contribution in [2.75, 3.05) is 18.7 Å². The van der Waals surface area contributed by atoms with Gasteiger partial charge in [-0.1, -0.05) is 37.8 Å². The zero-order valence-corrected chi connectivity index (χ0v) is 24.4. The first-order valence-corrected chi connectivity index (χ1v) is 16.4. The molecule has 0 bridgehead atoms. The second-order valence-electron chi connectivity index (χ2n) is 11.3. The Hall–Kier alpha value is -3.96. The number of nitrogens with zero attached hydrogens (tertiary/aromatic N) is 3. The van der Waals surface area contributed by atoms with Crippen molar-refractivity contribution in [1.82, 2.24) is 19.7 Å². The first-order valence-electron chi connectivity index (χ1n) is 12.7. The van der Waals surface area contributed by atoms with Gasteiger partial charge in [0.1, 0.15) is 12.3 Å². The highest BCUT2D eigenvalue weighted by molar-refractivity contribution is 6.76. The monoisotopic (exact) mass is 551 g/mol. The van der Waals surface area contributed by atoms with Crippen LogP contribution in [0.25, 0.3) is 17.0 Å². The lowest BCUT2D eigenvalue weighted by molar-refractivity contribution is -0.119. The number of ether oxygens (including phenoxy) is 2. The average Bonchev–Trinajstić information content (AvgIpc) is 3.48. The van der Waals surface area contributed by atoms with Gasteiger partial charge in [-0.3, -0.25) is 19.6 Å². The van der Waals surface area contributed by atoms with E-state index >= 15 is 0 Å². The fourth-order valence-corrected chi connectivity index (χ4v) is 4.27. The highest BCUT2D eigenvalue weighted by atomic mass is 28.3. The molecular weight excluding hydrogens is 514 g/mol. The number of hydrogen-bond donors (Lipinski definition) is 2. The summed E-state index contributed by atoms with van der Waals surface area (Å²) in [7, 11) is -1.29. The van der Waals surface area contributed by atoms with Gasteiger partial charge in [0, 0.05) is 32.5 Å². The van der Waals surface area contributed by atoms with Crippen molar-refractivity contribution in [3.8, 4) is 0 Å². The van der Waals surface area contributed by atoms with E-state index in [1.807, 2.05) is 30.3 Å². The van der Waals surface area contributed by atoms with Gasteiger partial charge in [-0.2, -0.15) is 5.10 Å². The van der Waals surface area contributed by atoms with Crippen LogP contribution >= 0.6 is 0 Å². The molecule has 3 aromatic rings. The Bertz CT molecular complexity index is 1350. The molecule has 10 nitrogen and oxygen atoms in total. The van der Waals surface area contributed by atoms with Crippen molar-refractivity contribution in [1.29, 1.82) is 0 Å². The zero-order chi connectivity index (χ0) is 28.6. The van der Waals surface area contributed by atoms with E-state index in [0.717, 1.165) is 11.4 Å². The van der Waals surface area contributed by atoms with Crippen LogP contribution in [-0.4, -0.2) is 65.1 Å². The third-order valence-corrected chi connectivity index (χ3v) is 7.15. The number of anilines is 1. The maximum atomic E-state index is 13.2. The third-order valence-electron chi connectivity index (χ3n) is 5.44. The summed E-state index contributed by atoms with van der Waals surface area (Å²) < 4.78 is 12.8. The number of fused-ring (bicyclic) bond motifs is 1. The number of carbonyl (C=O) groups excluding carboxylic acids is 3. The van der Waals surface area contributed by atoms with Crippen LogP contribution in [0.1, 0.15) is 26.5 Å². The molecule has 2 aromatic heterocycles. The summed E-state index contributed by atoms with van der Waals surface area (Å²) in [5.74, 6) is -0.471. The van der Waals surface area contributed by atoms with Crippen molar-refractivity contribution in [2.24, 2.45) is 0 Å². The van der Waals surface area contributed by atoms with E-state index in [4.69, 9.17) is 9.47 Å². The largest absolute Gasteiger partial charge is 0.443 e. The molecule has 0 unspecified atom stereocenters. The zero-order valence-electron chi connectivity index (χ0n) is 23.4. The lowest BCUT2D eigenvalue weighted by Gasteiger charge is -2.20. The third kappa shape index (κ3) is 9.08. The summed E-state index contributed by atoms with van der Waals surface area (Å²) in [4.78, 5) is 39.4. The number of benzene rings is 1. The molecule has 2 N–H and O–H groups in total. The Kier molecular flexibility index (Phi) is 9.65. The van der Waals surface area contributed by atoms with Crippen LogP contribution in [0.15, 0.2) is 60.6 Å². The van der Waals surface area contributed by atoms with Crippen molar-refractivity contribution in [3.05, 3.63) is 66.3 Å². The molecule has 0 aliphatic carbocycles. The second kappa shape index (κ2) is 12.7. The molecule has 0 spiro atoms. The van der Waals surface area contributed by atoms with E-state index in [9.17, 15) is 14.4 Å². The molecule has 11 heteroatoms. The second-order valence-corrected chi connectivity index (χ2v) is 16.9. The first kappa shape index (κ1) is 29.6. The lowest BCUT2D eigenvalue weighted by atomic mass is 10.2. The van der Waals surface area contributed by atoms with Gasteiger partial charge in [0.2, 0.25) is 6.41 Å². The lowest BCUT2D eigenvalue weighted by Crippen LogP contribution is -2.27. The maximum absolute atomic E-state index is 13.2. The highest BCUT2D eigenvalue weighted by Gasteiger charge is 2.21. The van der Waals surface area contributed by atoms with Gasteiger partial charge in [0.25, 0.3) is 5.91 Å². The summed E-state index contributed by atoms with van der Waals surface area (Å²) in [6.07, 6.45) is 7.66. The SMILES string of the molecule is CC(C)(C)OC(=O)n1c(/C=C/C(=C\N(C=O)COCC[Si](C)(C)C)C(=O)Nc2cn[nH]c2)cc2ccccc21. The van der Waals surface area contributed by atoms with Crippen molar-refractivity contribution in [2.45, 2.75) is 52.1 Å². The predicted molar refractivity (Wildman–Crippen MR) is 155 cm³/mol. The number of rotatable bonds is 11. The molecule has 2 amide bonds. The van der Waals surface area contributed by atoms with E-state index < -0.39 is 25.7 Å². The Morgan fingerprint density at radius 3 is 2.59 bits per heavy atom. The smallest absolute Gasteiger partial charge is 0.419 e.